The van der Waals surface area contributed by atoms with E-state index in [9.17, 15) is 0 Å². The van der Waals surface area contributed by atoms with Crippen molar-refractivity contribution in [2.45, 2.75) is 20.3 Å². The van der Waals surface area contributed by atoms with Gasteiger partial charge in [0.2, 0.25) is 5.95 Å². The molecule has 128 valence electrons. The van der Waals surface area contributed by atoms with Crippen molar-refractivity contribution in [1.29, 1.82) is 0 Å². The zero-order valence-corrected chi connectivity index (χ0v) is 14.6. The Hall–Kier alpha value is -2.21. The molecular formula is C18H26N6. The molecule has 0 radical (unpaired) electrons. The van der Waals surface area contributed by atoms with Gasteiger partial charge in [-0.3, -0.25) is 9.88 Å². The van der Waals surface area contributed by atoms with Crippen molar-refractivity contribution in [2.75, 3.05) is 49.5 Å². The first kappa shape index (κ1) is 16.6. The minimum absolute atomic E-state index is 0.845. The minimum atomic E-state index is 0.845. The van der Waals surface area contributed by atoms with E-state index in [-0.39, 0.29) is 0 Å². The van der Waals surface area contributed by atoms with Crippen LogP contribution in [-0.2, 0) is 6.42 Å². The van der Waals surface area contributed by atoms with Crippen LogP contribution in [-0.4, -0.2) is 59.1 Å². The predicted octanol–water partition coefficient (Wildman–Crippen LogP) is 1.98. The summed E-state index contributed by atoms with van der Waals surface area (Å²) in [5.74, 6) is 1.76. The fourth-order valence-corrected chi connectivity index (χ4v) is 2.97. The maximum absolute atomic E-state index is 4.64. The van der Waals surface area contributed by atoms with Crippen LogP contribution in [0, 0.1) is 6.92 Å². The van der Waals surface area contributed by atoms with Gasteiger partial charge in [0.1, 0.15) is 5.82 Å². The normalized spacial score (nSPS) is 15.5. The number of nitrogens with one attached hydrogen (secondary N) is 1. The Labute approximate surface area is 143 Å². The van der Waals surface area contributed by atoms with Gasteiger partial charge in [-0.15, -0.1) is 0 Å². The summed E-state index contributed by atoms with van der Waals surface area (Å²) in [6.07, 6.45) is 4.84. The molecule has 0 spiro atoms. The van der Waals surface area contributed by atoms with Crippen molar-refractivity contribution in [3.63, 3.8) is 0 Å². The Morgan fingerprint density at radius 3 is 2.71 bits per heavy atom. The summed E-state index contributed by atoms with van der Waals surface area (Å²) < 4.78 is 0. The van der Waals surface area contributed by atoms with Crippen LogP contribution < -0.4 is 10.2 Å². The van der Waals surface area contributed by atoms with Crippen LogP contribution in [0.15, 0.2) is 30.6 Å². The summed E-state index contributed by atoms with van der Waals surface area (Å²) in [4.78, 5) is 18.2. The van der Waals surface area contributed by atoms with Crippen LogP contribution in [0.5, 0.6) is 0 Å². The first-order valence-corrected chi connectivity index (χ1v) is 8.70. The molecule has 0 saturated carbocycles. The average Bonchev–Trinajstić information content (AvgIpc) is 2.61. The lowest BCUT2D eigenvalue weighted by molar-refractivity contribution is 0.259. The Balaban J connectivity index is 1.53. The van der Waals surface area contributed by atoms with Crippen molar-refractivity contribution in [2.24, 2.45) is 0 Å². The standard InChI is InChI=1S/C18H26N6/c1-3-20-17-13-15(2)21-18(22-17)24-11-9-23(10-12-24)8-6-16-5-4-7-19-14-16/h4-5,7,13-14H,3,6,8-12H2,1-2H3,(H,20,21,22). The zero-order valence-electron chi connectivity index (χ0n) is 14.6. The second kappa shape index (κ2) is 8.06. The summed E-state index contributed by atoms with van der Waals surface area (Å²) in [5.41, 5.74) is 2.31. The Morgan fingerprint density at radius 2 is 2.00 bits per heavy atom. The zero-order chi connectivity index (χ0) is 16.8. The third kappa shape index (κ3) is 4.41. The molecular weight excluding hydrogens is 300 g/mol. The van der Waals surface area contributed by atoms with E-state index in [0.717, 1.165) is 63.1 Å². The minimum Gasteiger partial charge on any atom is -0.370 e. The first-order chi connectivity index (χ1) is 11.7. The van der Waals surface area contributed by atoms with Crippen LogP contribution in [0.1, 0.15) is 18.2 Å². The Kier molecular flexibility index (Phi) is 5.59. The fraction of sp³-hybridized carbons (Fsp3) is 0.500. The van der Waals surface area contributed by atoms with Gasteiger partial charge < -0.3 is 10.2 Å². The second-order valence-electron chi connectivity index (χ2n) is 6.16. The maximum Gasteiger partial charge on any atom is 0.227 e. The van der Waals surface area contributed by atoms with E-state index in [0.29, 0.717) is 0 Å². The van der Waals surface area contributed by atoms with Crippen molar-refractivity contribution < 1.29 is 0 Å². The highest BCUT2D eigenvalue weighted by atomic mass is 15.3. The van der Waals surface area contributed by atoms with Gasteiger partial charge in [-0.2, -0.15) is 4.98 Å². The largest absolute Gasteiger partial charge is 0.370 e. The summed E-state index contributed by atoms with van der Waals surface area (Å²) in [6.45, 7) is 10.1. The smallest absolute Gasteiger partial charge is 0.227 e. The van der Waals surface area contributed by atoms with E-state index in [2.05, 4.69) is 43.1 Å². The number of pyridine rings is 1. The van der Waals surface area contributed by atoms with Crippen LogP contribution in [0.25, 0.3) is 0 Å². The third-order valence-electron chi connectivity index (χ3n) is 4.29. The summed E-state index contributed by atoms with van der Waals surface area (Å²) in [5, 5.41) is 3.28. The highest BCUT2D eigenvalue weighted by Crippen LogP contribution is 2.16. The van der Waals surface area contributed by atoms with Crippen molar-refractivity contribution in [3.05, 3.63) is 41.9 Å². The Bertz CT molecular complexity index is 637. The molecule has 0 atom stereocenters. The molecule has 3 heterocycles. The maximum atomic E-state index is 4.64. The molecule has 0 amide bonds. The quantitative estimate of drug-likeness (QED) is 0.876. The van der Waals surface area contributed by atoms with E-state index in [1.54, 1.807) is 0 Å². The molecule has 0 bridgehead atoms. The van der Waals surface area contributed by atoms with E-state index >= 15 is 0 Å². The van der Waals surface area contributed by atoms with E-state index in [4.69, 9.17) is 0 Å². The van der Waals surface area contributed by atoms with Crippen LogP contribution >= 0.6 is 0 Å². The van der Waals surface area contributed by atoms with Gasteiger partial charge in [-0.1, -0.05) is 6.07 Å². The van der Waals surface area contributed by atoms with Gasteiger partial charge in [-0.25, -0.2) is 4.98 Å². The number of piperazine rings is 1. The molecule has 1 aliphatic heterocycles. The molecule has 24 heavy (non-hydrogen) atoms. The second-order valence-corrected chi connectivity index (χ2v) is 6.16. The molecule has 1 saturated heterocycles. The average molecular weight is 326 g/mol. The third-order valence-corrected chi connectivity index (χ3v) is 4.29. The number of rotatable bonds is 6. The number of aromatic nitrogens is 3. The monoisotopic (exact) mass is 326 g/mol. The lowest BCUT2D eigenvalue weighted by atomic mass is 10.2. The highest BCUT2D eigenvalue weighted by molar-refractivity contribution is 5.43. The van der Waals surface area contributed by atoms with E-state index in [1.165, 1.54) is 5.56 Å². The molecule has 2 aromatic rings. The number of hydrogen-bond donors (Lipinski definition) is 1. The van der Waals surface area contributed by atoms with Crippen molar-refractivity contribution >= 4 is 11.8 Å². The lowest BCUT2D eigenvalue weighted by Gasteiger charge is -2.34. The van der Waals surface area contributed by atoms with Crippen molar-refractivity contribution in [3.8, 4) is 0 Å². The molecule has 3 rings (SSSR count). The molecule has 0 aromatic carbocycles. The van der Waals surface area contributed by atoms with Gasteiger partial charge in [-0.05, 0) is 31.9 Å². The van der Waals surface area contributed by atoms with E-state index in [1.807, 2.05) is 31.5 Å². The number of anilines is 2. The molecule has 1 aliphatic rings. The summed E-state index contributed by atoms with van der Waals surface area (Å²) >= 11 is 0. The van der Waals surface area contributed by atoms with Gasteiger partial charge in [0.15, 0.2) is 0 Å². The molecule has 1 N–H and O–H groups in total. The van der Waals surface area contributed by atoms with Gasteiger partial charge in [0.25, 0.3) is 0 Å². The number of hydrogen-bond acceptors (Lipinski definition) is 6. The molecule has 6 heteroatoms. The molecule has 0 aliphatic carbocycles. The number of aryl methyl sites for hydroxylation is 1. The SMILES string of the molecule is CCNc1cc(C)nc(N2CCN(CCc3cccnc3)CC2)n1. The van der Waals surface area contributed by atoms with Crippen LogP contribution in [0.3, 0.4) is 0 Å². The van der Waals surface area contributed by atoms with Crippen molar-refractivity contribution in [1.82, 2.24) is 19.9 Å². The summed E-state index contributed by atoms with van der Waals surface area (Å²) in [6, 6.07) is 6.15. The molecule has 6 nitrogen and oxygen atoms in total. The lowest BCUT2D eigenvalue weighted by Crippen LogP contribution is -2.47. The number of nitrogens with zero attached hydrogens (tertiary/aromatic N) is 5. The molecule has 1 fully saturated rings. The van der Waals surface area contributed by atoms with Crippen LogP contribution in [0.4, 0.5) is 11.8 Å². The first-order valence-electron chi connectivity index (χ1n) is 8.70. The molecule has 2 aromatic heterocycles. The van der Waals surface area contributed by atoms with Gasteiger partial charge >= 0.3 is 0 Å². The Morgan fingerprint density at radius 1 is 1.17 bits per heavy atom. The topological polar surface area (TPSA) is 57.2 Å². The highest BCUT2D eigenvalue weighted by Gasteiger charge is 2.19. The van der Waals surface area contributed by atoms with E-state index < -0.39 is 0 Å². The predicted molar refractivity (Wildman–Crippen MR) is 97.5 cm³/mol. The van der Waals surface area contributed by atoms with Gasteiger partial charge in [0.05, 0.1) is 0 Å². The molecule has 0 unspecified atom stereocenters. The summed E-state index contributed by atoms with van der Waals surface area (Å²) in [7, 11) is 0. The van der Waals surface area contributed by atoms with Crippen LogP contribution in [0.2, 0.25) is 0 Å². The van der Waals surface area contributed by atoms with Gasteiger partial charge in [0, 0.05) is 63.4 Å². The fourth-order valence-electron chi connectivity index (χ4n) is 2.97.